The van der Waals surface area contributed by atoms with Crippen LogP contribution in [0.25, 0.3) is 0 Å². The summed E-state index contributed by atoms with van der Waals surface area (Å²) in [5, 5.41) is 14.5. The quantitative estimate of drug-likeness (QED) is 0.846. The van der Waals surface area contributed by atoms with Crippen molar-refractivity contribution in [2.75, 3.05) is 0 Å². The molecule has 0 fully saturated rings. The van der Waals surface area contributed by atoms with Crippen LogP contribution in [0.2, 0.25) is 0 Å². The molecule has 5 nitrogen and oxygen atoms in total. The van der Waals surface area contributed by atoms with E-state index in [0.29, 0.717) is 12.1 Å². The molecule has 0 aliphatic heterocycles. The highest BCUT2D eigenvalue weighted by molar-refractivity contribution is 7.09. The predicted octanol–water partition coefficient (Wildman–Crippen LogP) is 2.60. The normalized spacial score (nSPS) is 13.2. The number of carbonyl (C=O) groups excluding carboxylic acids is 1. The summed E-state index contributed by atoms with van der Waals surface area (Å²) in [6, 6.07) is -0.835. The summed E-state index contributed by atoms with van der Waals surface area (Å²) in [7, 11) is 0. The average molecular weight is 312 g/mol. The van der Waals surface area contributed by atoms with Gasteiger partial charge >= 0.3 is 5.97 Å². The molecule has 0 saturated carbocycles. The van der Waals surface area contributed by atoms with Crippen LogP contribution in [0.3, 0.4) is 0 Å². The molecule has 1 atom stereocenters. The number of carbonyl (C=O) groups is 2. The molecule has 0 saturated heterocycles. The van der Waals surface area contributed by atoms with Gasteiger partial charge in [0.25, 0.3) is 0 Å². The third-order valence-electron chi connectivity index (χ3n) is 2.88. The molecule has 0 aliphatic rings. The van der Waals surface area contributed by atoms with E-state index >= 15 is 0 Å². The van der Waals surface area contributed by atoms with Crippen molar-refractivity contribution in [2.24, 2.45) is 5.92 Å². The van der Waals surface area contributed by atoms with Crippen LogP contribution < -0.4 is 5.32 Å². The molecule has 0 radical (unpaired) electrons. The smallest absolute Gasteiger partial charge is 0.326 e. The Morgan fingerprint density at radius 3 is 2.43 bits per heavy atom. The van der Waals surface area contributed by atoms with Gasteiger partial charge in [0, 0.05) is 10.8 Å². The monoisotopic (exact) mass is 312 g/mol. The summed E-state index contributed by atoms with van der Waals surface area (Å²) in [4.78, 5) is 27.5. The van der Waals surface area contributed by atoms with E-state index in [-0.39, 0.29) is 23.7 Å². The maximum atomic E-state index is 12.0. The zero-order valence-corrected chi connectivity index (χ0v) is 14.1. The molecule has 0 aromatic carbocycles. The number of aromatic nitrogens is 1. The third-order valence-corrected chi connectivity index (χ3v) is 4.19. The average Bonchev–Trinajstić information content (AvgIpc) is 2.75. The Labute approximate surface area is 129 Å². The molecule has 0 spiro atoms. The molecule has 1 aromatic rings. The number of amides is 1. The Bertz CT molecular complexity index is 503. The van der Waals surface area contributed by atoms with Crippen LogP contribution >= 0.6 is 11.3 Å². The first-order chi connectivity index (χ1) is 9.59. The maximum Gasteiger partial charge on any atom is 0.326 e. The predicted molar refractivity (Wildman–Crippen MR) is 83.5 cm³/mol. The minimum Gasteiger partial charge on any atom is -0.480 e. The maximum absolute atomic E-state index is 12.0. The molecule has 0 bridgehead atoms. The van der Waals surface area contributed by atoms with E-state index in [1.807, 2.05) is 19.2 Å². The number of carboxylic acids is 1. The van der Waals surface area contributed by atoms with E-state index in [1.54, 1.807) is 0 Å². The molecule has 0 aliphatic carbocycles. The molecule has 1 rings (SSSR count). The second kappa shape index (κ2) is 7.02. The van der Waals surface area contributed by atoms with Crippen LogP contribution in [0, 0.1) is 5.92 Å². The number of hydrogen-bond acceptors (Lipinski definition) is 4. The van der Waals surface area contributed by atoms with E-state index in [9.17, 15) is 9.59 Å². The minimum atomic E-state index is -0.995. The highest BCUT2D eigenvalue weighted by atomic mass is 32.1. The molecular weight excluding hydrogens is 288 g/mol. The van der Waals surface area contributed by atoms with Gasteiger partial charge in [0.1, 0.15) is 6.04 Å². The first kappa shape index (κ1) is 17.6. The van der Waals surface area contributed by atoms with Crippen molar-refractivity contribution in [1.29, 1.82) is 0 Å². The summed E-state index contributed by atoms with van der Waals surface area (Å²) < 4.78 is 0. The number of carboxylic acid groups (broad SMARTS) is 1. The van der Waals surface area contributed by atoms with Gasteiger partial charge in [-0.2, -0.15) is 0 Å². The lowest BCUT2D eigenvalue weighted by Crippen LogP contribution is -2.42. The van der Waals surface area contributed by atoms with Crippen LogP contribution in [0.1, 0.15) is 51.7 Å². The molecule has 1 amide bonds. The Hall–Kier alpha value is -1.43. The van der Waals surface area contributed by atoms with Gasteiger partial charge in [0.15, 0.2) is 0 Å². The van der Waals surface area contributed by atoms with Gasteiger partial charge in [-0.3, -0.25) is 4.79 Å². The molecule has 1 heterocycles. The first-order valence-electron chi connectivity index (χ1n) is 7.06. The van der Waals surface area contributed by atoms with Crippen LogP contribution in [-0.2, 0) is 21.4 Å². The van der Waals surface area contributed by atoms with Gasteiger partial charge in [-0.25, -0.2) is 9.78 Å². The molecule has 21 heavy (non-hydrogen) atoms. The first-order valence-corrected chi connectivity index (χ1v) is 7.94. The molecular formula is C15H24N2O3S. The number of thiazole rings is 1. The van der Waals surface area contributed by atoms with E-state index in [1.165, 1.54) is 11.3 Å². The van der Waals surface area contributed by atoms with Gasteiger partial charge in [-0.1, -0.05) is 34.6 Å². The number of nitrogens with one attached hydrogen (secondary N) is 1. The van der Waals surface area contributed by atoms with Crippen LogP contribution in [-0.4, -0.2) is 28.0 Å². The standard InChI is InChI=1S/C15H24N2O3S/c1-9(2)6-11(13(19)20)17-12(18)7-10-8-21-14(16-10)15(3,4)5/h8-9,11H,6-7H2,1-5H3,(H,17,18)(H,19,20). The Morgan fingerprint density at radius 1 is 1.38 bits per heavy atom. The lowest BCUT2D eigenvalue weighted by molar-refractivity contribution is -0.142. The molecule has 2 N–H and O–H groups in total. The second-order valence-electron chi connectivity index (χ2n) is 6.66. The van der Waals surface area contributed by atoms with Crippen LogP contribution in [0.4, 0.5) is 0 Å². The summed E-state index contributed by atoms with van der Waals surface area (Å²) in [6.07, 6.45) is 0.542. The number of nitrogens with zero attached hydrogens (tertiary/aromatic N) is 1. The van der Waals surface area contributed by atoms with Gasteiger partial charge < -0.3 is 10.4 Å². The fraction of sp³-hybridized carbons (Fsp3) is 0.667. The van der Waals surface area contributed by atoms with Gasteiger partial charge in [-0.05, 0) is 12.3 Å². The van der Waals surface area contributed by atoms with Crippen molar-refractivity contribution in [3.63, 3.8) is 0 Å². The molecule has 118 valence electrons. The van der Waals surface area contributed by atoms with Gasteiger partial charge in [0.05, 0.1) is 17.1 Å². The van der Waals surface area contributed by atoms with Crippen molar-refractivity contribution in [2.45, 2.75) is 58.9 Å². The summed E-state index contributed by atoms with van der Waals surface area (Å²) >= 11 is 1.53. The lowest BCUT2D eigenvalue weighted by atomic mass is 9.98. The van der Waals surface area contributed by atoms with Crippen LogP contribution in [0.15, 0.2) is 5.38 Å². The minimum absolute atomic E-state index is 0.0410. The fourth-order valence-electron chi connectivity index (χ4n) is 1.84. The largest absolute Gasteiger partial charge is 0.480 e. The molecule has 1 unspecified atom stereocenters. The zero-order chi connectivity index (χ0) is 16.2. The molecule has 1 aromatic heterocycles. The summed E-state index contributed by atoms with van der Waals surface area (Å²) in [6.45, 7) is 10.1. The van der Waals surface area contributed by atoms with Crippen molar-refractivity contribution < 1.29 is 14.7 Å². The second-order valence-corrected chi connectivity index (χ2v) is 7.52. The Kier molecular flexibility index (Phi) is 5.89. The Balaban J connectivity index is 2.64. The highest BCUT2D eigenvalue weighted by Crippen LogP contribution is 2.25. The number of hydrogen-bond donors (Lipinski definition) is 2. The van der Waals surface area contributed by atoms with Crippen molar-refractivity contribution >= 4 is 23.2 Å². The van der Waals surface area contributed by atoms with Crippen molar-refractivity contribution in [3.05, 3.63) is 16.1 Å². The van der Waals surface area contributed by atoms with Gasteiger partial charge in [-0.15, -0.1) is 11.3 Å². The van der Waals surface area contributed by atoms with Gasteiger partial charge in [0.2, 0.25) is 5.91 Å². The van der Waals surface area contributed by atoms with E-state index < -0.39 is 12.0 Å². The van der Waals surface area contributed by atoms with E-state index in [0.717, 1.165) is 5.01 Å². The lowest BCUT2D eigenvalue weighted by Gasteiger charge is -2.16. The SMILES string of the molecule is CC(C)CC(NC(=O)Cc1csc(C(C)(C)C)n1)C(=O)O. The zero-order valence-electron chi connectivity index (χ0n) is 13.3. The highest BCUT2D eigenvalue weighted by Gasteiger charge is 2.22. The van der Waals surface area contributed by atoms with E-state index in [2.05, 4.69) is 31.1 Å². The van der Waals surface area contributed by atoms with Crippen LogP contribution in [0.5, 0.6) is 0 Å². The fourth-order valence-corrected chi connectivity index (χ4v) is 2.74. The van der Waals surface area contributed by atoms with E-state index in [4.69, 9.17) is 5.11 Å². The van der Waals surface area contributed by atoms with Crippen molar-refractivity contribution in [1.82, 2.24) is 10.3 Å². The number of aliphatic carboxylic acids is 1. The summed E-state index contributed by atoms with van der Waals surface area (Å²) in [5.74, 6) is -1.09. The third kappa shape index (κ3) is 5.83. The summed E-state index contributed by atoms with van der Waals surface area (Å²) in [5.41, 5.74) is 0.650. The Morgan fingerprint density at radius 2 is 2.00 bits per heavy atom. The van der Waals surface area contributed by atoms with Crippen molar-refractivity contribution in [3.8, 4) is 0 Å². The topological polar surface area (TPSA) is 79.3 Å². The number of rotatable bonds is 6. The molecule has 6 heteroatoms.